The van der Waals surface area contributed by atoms with Crippen LogP contribution in [0, 0.1) is 5.82 Å². The van der Waals surface area contributed by atoms with Crippen LogP contribution in [0.4, 0.5) is 15.8 Å². The summed E-state index contributed by atoms with van der Waals surface area (Å²) in [5, 5.41) is 16.1. The van der Waals surface area contributed by atoms with Crippen molar-refractivity contribution in [1.82, 2.24) is 15.3 Å². The van der Waals surface area contributed by atoms with E-state index < -0.39 is 11.4 Å². The van der Waals surface area contributed by atoms with Gasteiger partial charge in [0.05, 0.1) is 41.5 Å². The van der Waals surface area contributed by atoms with Crippen molar-refractivity contribution >= 4 is 17.3 Å². The van der Waals surface area contributed by atoms with Crippen LogP contribution in [-0.2, 0) is 6.42 Å². The van der Waals surface area contributed by atoms with E-state index in [4.69, 9.17) is 9.47 Å². The predicted octanol–water partition coefficient (Wildman–Crippen LogP) is 3.40. The van der Waals surface area contributed by atoms with Crippen LogP contribution in [0.2, 0.25) is 0 Å². The van der Waals surface area contributed by atoms with Gasteiger partial charge in [-0.3, -0.25) is 9.78 Å². The van der Waals surface area contributed by atoms with Crippen molar-refractivity contribution in [3.05, 3.63) is 53.7 Å². The Morgan fingerprint density at radius 1 is 1.31 bits per heavy atom. The molecule has 9 heteroatoms. The number of benzene rings is 1. The number of nitrogens with one attached hydrogen (secondary N) is 3. The first-order valence-corrected chi connectivity index (χ1v) is 10.2. The normalized spacial score (nSPS) is 13.3. The number of amides is 1. The Kier molecular flexibility index (Phi) is 5.75. The zero-order chi connectivity index (χ0) is 22.9. The number of carbonyl (C=O) groups excluding carboxylic acids is 1. The molecule has 3 heterocycles. The maximum absolute atomic E-state index is 14.3. The second-order valence-electron chi connectivity index (χ2n) is 8.15. The van der Waals surface area contributed by atoms with Gasteiger partial charge in [0, 0.05) is 30.4 Å². The van der Waals surface area contributed by atoms with Crippen LogP contribution in [-0.4, -0.2) is 46.8 Å². The van der Waals surface area contributed by atoms with Gasteiger partial charge in [-0.15, -0.1) is 0 Å². The molecule has 0 bridgehead atoms. The number of aromatic nitrogens is 2. The number of pyridine rings is 1. The minimum atomic E-state index is -1.04. The Morgan fingerprint density at radius 2 is 2.12 bits per heavy atom. The van der Waals surface area contributed by atoms with Crippen molar-refractivity contribution in [1.29, 1.82) is 0 Å². The van der Waals surface area contributed by atoms with Crippen LogP contribution in [0.1, 0.15) is 29.9 Å². The summed E-state index contributed by atoms with van der Waals surface area (Å²) in [6.07, 6.45) is 3.77. The van der Waals surface area contributed by atoms with Gasteiger partial charge in [-0.25, -0.2) is 4.39 Å². The number of ether oxygens (including phenoxy) is 2. The average Bonchev–Trinajstić information content (AvgIpc) is 3.11. The molecule has 1 aromatic carbocycles. The number of H-pyrrole nitrogens is 1. The fraction of sp³-hybridized carbons (Fsp3) is 0.304. The number of rotatable bonds is 7. The average molecular weight is 440 g/mol. The molecule has 0 fully saturated rings. The lowest BCUT2D eigenvalue weighted by Crippen LogP contribution is -2.31. The van der Waals surface area contributed by atoms with E-state index >= 15 is 0 Å². The van der Waals surface area contributed by atoms with E-state index in [1.165, 1.54) is 13.2 Å². The molecule has 2 aromatic heterocycles. The van der Waals surface area contributed by atoms with Crippen molar-refractivity contribution in [2.24, 2.45) is 0 Å². The molecule has 0 saturated carbocycles. The van der Waals surface area contributed by atoms with Gasteiger partial charge in [0.15, 0.2) is 11.6 Å². The maximum atomic E-state index is 14.3. The number of anilines is 2. The Bertz CT molecular complexity index is 1150. The van der Waals surface area contributed by atoms with Crippen LogP contribution in [0.5, 0.6) is 11.5 Å². The summed E-state index contributed by atoms with van der Waals surface area (Å²) in [6, 6.07) is 6.28. The molecule has 0 atom stereocenters. The molecule has 0 spiro atoms. The number of aliphatic hydroxyl groups is 1. The van der Waals surface area contributed by atoms with E-state index in [2.05, 4.69) is 20.6 Å². The van der Waals surface area contributed by atoms with Gasteiger partial charge in [0.25, 0.3) is 5.91 Å². The van der Waals surface area contributed by atoms with Gasteiger partial charge in [-0.05, 0) is 32.0 Å². The van der Waals surface area contributed by atoms with E-state index in [-0.39, 0.29) is 18.3 Å². The van der Waals surface area contributed by atoms with Gasteiger partial charge in [-0.1, -0.05) is 6.07 Å². The minimum Gasteiger partial charge on any atom is -0.492 e. The summed E-state index contributed by atoms with van der Waals surface area (Å²) in [6.45, 7) is 3.84. The highest BCUT2D eigenvalue weighted by Gasteiger charge is 2.29. The molecule has 0 unspecified atom stereocenters. The lowest BCUT2D eigenvalue weighted by molar-refractivity contribution is 0.0286. The number of fused-ring (bicyclic) bond motifs is 1. The second-order valence-corrected chi connectivity index (χ2v) is 8.15. The predicted molar refractivity (Wildman–Crippen MR) is 118 cm³/mol. The number of aromatic amines is 1. The van der Waals surface area contributed by atoms with Crippen LogP contribution in [0.3, 0.4) is 0 Å². The first-order valence-electron chi connectivity index (χ1n) is 10.2. The standard InChI is InChI=1S/C23H25FN4O4/c1-23(2,30)12-32-17-11-25-9-7-13(17)19-20(18-15(27-19)8-10-26-22(18)29)28-16-6-4-5-14(24)21(16)31-3/h4-7,9,11,27-28,30H,8,10,12H2,1-3H3,(H,26,29). The lowest BCUT2D eigenvalue weighted by atomic mass is 10.0. The molecule has 0 aliphatic carbocycles. The highest BCUT2D eigenvalue weighted by molar-refractivity contribution is 6.06. The lowest BCUT2D eigenvalue weighted by Gasteiger charge is -2.20. The number of carbonyl (C=O) groups is 1. The Labute approximate surface area is 184 Å². The van der Waals surface area contributed by atoms with Crippen molar-refractivity contribution in [2.45, 2.75) is 25.9 Å². The van der Waals surface area contributed by atoms with Crippen molar-refractivity contribution in [3.8, 4) is 22.8 Å². The third kappa shape index (κ3) is 4.24. The SMILES string of the molecule is COc1c(F)cccc1Nc1c(-c2ccncc2OCC(C)(C)O)[nH]c2c1C(=O)NCC2. The first kappa shape index (κ1) is 21.6. The number of hydrogen-bond donors (Lipinski definition) is 4. The second kappa shape index (κ2) is 8.51. The highest BCUT2D eigenvalue weighted by Crippen LogP contribution is 2.42. The molecule has 32 heavy (non-hydrogen) atoms. The minimum absolute atomic E-state index is 0.0397. The van der Waals surface area contributed by atoms with E-state index in [0.717, 1.165) is 5.69 Å². The first-order chi connectivity index (χ1) is 15.3. The largest absolute Gasteiger partial charge is 0.492 e. The molecule has 1 aliphatic heterocycles. The van der Waals surface area contributed by atoms with Crippen LogP contribution in [0.15, 0.2) is 36.7 Å². The van der Waals surface area contributed by atoms with Crippen LogP contribution < -0.4 is 20.1 Å². The van der Waals surface area contributed by atoms with E-state index in [0.29, 0.717) is 46.9 Å². The van der Waals surface area contributed by atoms with E-state index in [1.807, 2.05) is 0 Å². The van der Waals surface area contributed by atoms with Crippen molar-refractivity contribution < 1.29 is 23.8 Å². The molecular formula is C23H25FN4O4. The number of para-hydroxylation sites is 1. The molecule has 4 N–H and O–H groups in total. The third-order valence-electron chi connectivity index (χ3n) is 5.03. The Hall–Kier alpha value is -3.59. The highest BCUT2D eigenvalue weighted by atomic mass is 19.1. The van der Waals surface area contributed by atoms with Crippen LogP contribution in [0.25, 0.3) is 11.3 Å². The molecule has 4 rings (SSSR count). The Balaban J connectivity index is 1.85. The molecule has 1 amide bonds. The summed E-state index contributed by atoms with van der Waals surface area (Å²) in [5.74, 6) is -0.286. The maximum Gasteiger partial charge on any atom is 0.255 e. The topological polar surface area (TPSA) is 108 Å². The van der Waals surface area contributed by atoms with Gasteiger partial charge in [0.2, 0.25) is 0 Å². The molecular weight excluding hydrogens is 415 g/mol. The zero-order valence-corrected chi connectivity index (χ0v) is 18.1. The monoisotopic (exact) mass is 440 g/mol. The number of nitrogens with zero attached hydrogens (tertiary/aromatic N) is 1. The van der Waals surface area contributed by atoms with Crippen molar-refractivity contribution in [3.63, 3.8) is 0 Å². The summed E-state index contributed by atoms with van der Waals surface area (Å²) < 4.78 is 25.4. The molecule has 0 radical (unpaired) electrons. The fourth-order valence-electron chi connectivity index (χ4n) is 3.61. The number of hydrogen-bond acceptors (Lipinski definition) is 6. The quantitative estimate of drug-likeness (QED) is 0.449. The summed E-state index contributed by atoms with van der Waals surface area (Å²) in [5.41, 5.74) is 2.24. The van der Waals surface area contributed by atoms with E-state index in [1.54, 1.807) is 44.4 Å². The van der Waals surface area contributed by atoms with Gasteiger partial charge in [0.1, 0.15) is 12.4 Å². The van der Waals surface area contributed by atoms with E-state index in [9.17, 15) is 14.3 Å². The fourth-order valence-corrected chi connectivity index (χ4v) is 3.61. The summed E-state index contributed by atoms with van der Waals surface area (Å²) >= 11 is 0. The smallest absolute Gasteiger partial charge is 0.255 e. The zero-order valence-electron chi connectivity index (χ0n) is 18.1. The van der Waals surface area contributed by atoms with Gasteiger partial charge < -0.3 is 30.2 Å². The molecule has 8 nitrogen and oxygen atoms in total. The van der Waals surface area contributed by atoms with Gasteiger partial charge in [-0.2, -0.15) is 0 Å². The number of halogens is 1. The summed E-state index contributed by atoms with van der Waals surface area (Å²) in [7, 11) is 1.38. The summed E-state index contributed by atoms with van der Waals surface area (Å²) in [4.78, 5) is 20.2. The van der Waals surface area contributed by atoms with Crippen molar-refractivity contribution in [2.75, 3.05) is 25.6 Å². The van der Waals surface area contributed by atoms with Gasteiger partial charge >= 0.3 is 0 Å². The molecule has 1 aliphatic rings. The molecule has 0 saturated heterocycles. The Morgan fingerprint density at radius 3 is 2.88 bits per heavy atom. The molecule has 3 aromatic rings. The third-order valence-corrected chi connectivity index (χ3v) is 5.03. The number of methoxy groups -OCH3 is 1. The van der Waals surface area contributed by atoms with Crippen LogP contribution >= 0.6 is 0 Å². The molecule has 168 valence electrons.